The van der Waals surface area contributed by atoms with Gasteiger partial charge in [0.2, 0.25) is 0 Å². The number of fused-ring (bicyclic) bond motifs is 2. The maximum atomic E-state index is 11.3. The summed E-state index contributed by atoms with van der Waals surface area (Å²) >= 11 is 0. The average Bonchev–Trinajstić information content (AvgIpc) is 2.37. The van der Waals surface area contributed by atoms with E-state index in [0.717, 1.165) is 0 Å². The van der Waals surface area contributed by atoms with E-state index in [9.17, 15) is 9.59 Å². The molecule has 3 nitrogen and oxygen atoms in total. The molecule has 1 aliphatic heterocycles. The Morgan fingerprint density at radius 3 is 2.64 bits per heavy atom. The molecule has 3 unspecified atom stereocenters. The van der Waals surface area contributed by atoms with E-state index in [-0.39, 0.29) is 56.7 Å². The Morgan fingerprint density at radius 2 is 2.07 bits per heavy atom. The van der Waals surface area contributed by atoms with Gasteiger partial charge in [0.05, 0.1) is 0 Å². The van der Waals surface area contributed by atoms with Crippen LogP contribution in [0.3, 0.4) is 0 Å². The molecule has 2 rings (SSSR count). The van der Waals surface area contributed by atoms with Crippen LogP contribution in [0.25, 0.3) is 0 Å². The number of hydrogen-bond acceptors (Lipinski definition) is 3. The van der Waals surface area contributed by atoms with E-state index in [1.165, 1.54) is 6.92 Å². The third kappa shape index (κ3) is 1.79. The van der Waals surface area contributed by atoms with Crippen LogP contribution in [-0.2, 0) is 35.4 Å². The van der Waals surface area contributed by atoms with Gasteiger partial charge < -0.3 is 16.0 Å². The van der Waals surface area contributed by atoms with Gasteiger partial charge in [-0.3, -0.25) is 11.2 Å². The Labute approximate surface area is 97.8 Å². The Hall–Kier alpha value is -0.172. The van der Waals surface area contributed by atoms with Crippen LogP contribution in [0.4, 0.5) is 0 Å². The van der Waals surface area contributed by atoms with E-state index in [1.54, 1.807) is 0 Å². The van der Waals surface area contributed by atoms with Gasteiger partial charge in [-0.15, -0.1) is 5.92 Å². The summed E-state index contributed by atoms with van der Waals surface area (Å²) in [7, 11) is 0. The number of Topliss-reactive ketones (excluding diaryl/α,β-unsaturated/α-hetero) is 1. The maximum absolute atomic E-state index is 11.3. The summed E-state index contributed by atoms with van der Waals surface area (Å²) in [4.78, 5) is 22.5. The first kappa shape index (κ1) is 11.9. The van der Waals surface area contributed by atoms with E-state index in [2.05, 4.69) is 0 Å². The molecule has 0 radical (unpaired) electrons. The van der Waals surface area contributed by atoms with Crippen LogP contribution >= 0.6 is 0 Å². The molecule has 0 aromatic heterocycles. The first-order valence-corrected chi connectivity index (χ1v) is 4.50. The molecule has 4 heteroatoms. The van der Waals surface area contributed by atoms with Crippen molar-refractivity contribution < 1.29 is 35.4 Å². The Kier molecular flexibility index (Phi) is 3.52. The fourth-order valence-corrected chi connectivity index (χ4v) is 2.03. The van der Waals surface area contributed by atoms with Crippen molar-refractivity contribution in [1.82, 2.24) is 0 Å². The molecule has 2 fully saturated rings. The number of carbonyl (C=O) groups is 2. The van der Waals surface area contributed by atoms with Gasteiger partial charge in [-0.05, 0) is 13.0 Å². The maximum Gasteiger partial charge on any atom is 2.00 e. The second-order valence-electron chi connectivity index (χ2n) is 3.81. The Morgan fingerprint density at radius 1 is 1.43 bits per heavy atom. The molecule has 1 aliphatic carbocycles. The van der Waals surface area contributed by atoms with Gasteiger partial charge in [0.1, 0.15) is 5.78 Å². The summed E-state index contributed by atoms with van der Waals surface area (Å²) in [5.41, 5.74) is 0. The summed E-state index contributed by atoms with van der Waals surface area (Å²) in [6.07, 6.45) is 3.69. The van der Waals surface area contributed by atoms with Crippen LogP contribution in [0.5, 0.6) is 0 Å². The Bertz CT molecular complexity index is 264. The molecule has 1 saturated heterocycles. The van der Waals surface area contributed by atoms with Crippen molar-refractivity contribution in [2.75, 3.05) is 0 Å². The summed E-state index contributed by atoms with van der Waals surface area (Å²) < 4.78 is 5.10. The number of carbonyl (C=O) groups excluding carboxylic acids is 2. The van der Waals surface area contributed by atoms with Gasteiger partial charge in [-0.25, -0.2) is 0 Å². The van der Waals surface area contributed by atoms with Gasteiger partial charge in [-0.1, -0.05) is 12.8 Å². The molecule has 2 aliphatic rings. The number of hydrogen-bond donors (Lipinski definition) is 0. The van der Waals surface area contributed by atoms with Crippen molar-refractivity contribution in [1.29, 1.82) is 0 Å². The SMILES string of the molecule is CC(=O)C1[CH-][C@@H](C)C2[CH-]C1C(=O)O2.[W+2]. The zero-order chi connectivity index (χ0) is 9.59. The van der Waals surface area contributed by atoms with Crippen LogP contribution in [0, 0.1) is 30.6 Å². The normalized spacial score (nSPS) is 40.0. The minimum atomic E-state index is -0.321. The molecule has 76 valence electrons. The molecule has 2 bridgehead atoms. The van der Waals surface area contributed by atoms with Gasteiger partial charge >= 0.3 is 21.1 Å². The van der Waals surface area contributed by atoms with E-state index >= 15 is 0 Å². The van der Waals surface area contributed by atoms with Crippen molar-refractivity contribution in [3.8, 4) is 0 Å². The van der Waals surface area contributed by atoms with E-state index in [4.69, 9.17) is 4.74 Å². The largest absolute Gasteiger partial charge is 2.00 e. The monoisotopic (exact) mass is 364 g/mol. The van der Waals surface area contributed by atoms with Crippen molar-refractivity contribution in [3.63, 3.8) is 0 Å². The molecule has 1 heterocycles. The van der Waals surface area contributed by atoms with Crippen LogP contribution < -0.4 is 0 Å². The fraction of sp³-hybridized carbons (Fsp3) is 0.600. The quantitative estimate of drug-likeness (QED) is 0.511. The minimum absolute atomic E-state index is 0. The van der Waals surface area contributed by atoms with Crippen molar-refractivity contribution >= 4 is 11.8 Å². The topological polar surface area (TPSA) is 43.4 Å². The third-order valence-electron chi connectivity index (χ3n) is 2.81. The molecule has 0 amide bonds. The third-order valence-corrected chi connectivity index (χ3v) is 2.81. The van der Waals surface area contributed by atoms with Gasteiger partial charge in [0.25, 0.3) is 5.97 Å². The molecular formula is C10H12O3W. The first-order chi connectivity index (χ1) is 6.09. The minimum Gasteiger partial charge on any atom is -0.499 e. The summed E-state index contributed by atoms with van der Waals surface area (Å²) in [5.74, 6) is -0.618. The average molecular weight is 364 g/mol. The molecule has 4 atom stereocenters. The summed E-state index contributed by atoms with van der Waals surface area (Å²) in [6, 6.07) is 0. The number of rotatable bonds is 1. The first-order valence-electron chi connectivity index (χ1n) is 4.50. The van der Waals surface area contributed by atoms with E-state index < -0.39 is 0 Å². The molecule has 0 spiro atoms. The number of ketones is 1. The van der Waals surface area contributed by atoms with Crippen molar-refractivity contribution in [2.24, 2.45) is 17.8 Å². The van der Waals surface area contributed by atoms with Crippen molar-refractivity contribution in [3.05, 3.63) is 12.8 Å². The van der Waals surface area contributed by atoms with Crippen LogP contribution in [-0.4, -0.2) is 17.9 Å². The summed E-state index contributed by atoms with van der Waals surface area (Å²) in [6.45, 7) is 3.49. The van der Waals surface area contributed by atoms with Gasteiger partial charge in [0, 0.05) is 0 Å². The molecule has 1 saturated carbocycles. The smallest absolute Gasteiger partial charge is 0.499 e. The Balaban J connectivity index is 0.000000980. The van der Waals surface area contributed by atoms with Crippen LogP contribution in [0.15, 0.2) is 0 Å². The second-order valence-corrected chi connectivity index (χ2v) is 3.81. The van der Waals surface area contributed by atoms with Gasteiger partial charge in [-0.2, -0.15) is 5.92 Å². The zero-order valence-electron chi connectivity index (χ0n) is 8.10. The molecule has 0 N–H and O–H groups in total. The fourth-order valence-electron chi connectivity index (χ4n) is 2.03. The van der Waals surface area contributed by atoms with E-state index in [1.807, 2.05) is 19.8 Å². The van der Waals surface area contributed by atoms with Gasteiger partial charge in [0.15, 0.2) is 0 Å². The van der Waals surface area contributed by atoms with Crippen LogP contribution in [0.1, 0.15) is 13.8 Å². The molecule has 0 aromatic rings. The molecular weight excluding hydrogens is 352 g/mol. The predicted octanol–water partition coefficient (Wildman–Crippen LogP) is 0.789. The second kappa shape index (κ2) is 4.14. The molecule has 14 heavy (non-hydrogen) atoms. The van der Waals surface area contributed by atoms with Crippen LogP contribution in [0.2, 0.25) is 0 Å². The summed E-state index contributed by atoms with van der Waals surface area (Å²) in [5, 5.41) is 0. The predicted molar refractivity (Wildman–Crippen MR) is 45.3 cm³/mol. The van der Waals surface area contributed by atoms with Crippen molar-refractivity contribution in [2.45, 2.75) is 20.0 Å². The number of esters is 1. The number of ether oxygens (including phenoxy) is 1. The zero-order valence-corrected chi connectivity index (χ0v) is 11.0. The molecule has 0 aromatic carbocycles. The van der Waals surface area contributed by atoms with E-state index in [0.29, 0.717) is 0 Å². The standard InChI is InChI=1S/C10H12O3.W/c1-5-3-7(6(2)11)8-4-9(5)13-10(8)12;/h3-5,7-9H,1-2H3;/q-2;+2/t5-,7?,8?,9?;/m1./s1.